The maximum absolute atomic E-state index is 4.40. The standard InChI is InChI=1S/C48H34/c1-3-41-45(37-27-23-35(24-28-37)33-15-7-5-8-16-33)31-39-19-11-13-21-43(39)47(41)48-42(4-2)46(32-40-20-12-14-22-44(40)48)38-29-25-36(26-30-38)34-17-9-6-10-18-34/h3-32H,1-2H2. The van der Waals surface area contributed by atoms with E-state index in [0.717, 1.165) is 33.4 Å². The van der Waals surface area contributed by atoms with Gasteiger partial charge >= 0.3 is 0 Å². The van der Waals surface area contributed by atoms with Gasteiger partial charge in [-0.2, -0.15) is 0 Å². The van der Waals surface area contributed by atoms with E-state index >= 15 is 0 Å². The van der Waals surface area contributed by atoms with Crippen LogP contribution in [0.1, 0.15) is 11.1 Å². The van der Waals surface area contributed by atoms with E-state index in [-0.39, 0.29) is 0 Å². The highest BCUT2D eigenvalue weighted by atomic mass is 14.2. The Morgan fingerprint density at radius 3 is 1.00 bits per heavy atom. The third kappa shape index (κ3) is 5.14. The molecule has 0 spiro atoms. The van der Waals surface area contributed by atoms with Crippen molar-refractivity contribution in [1.29, 1.82) is 0 Å². The van der Waals surface area contributed by atoms with Crippen LogP contribution in [-0.4, -0.2) is 0 Å². The molecule has 0 N–H and O–H groups in total. The Balaban J connectivity index is 1.38. The van der Waals surface area contributed by atoms with Crippen molar-refractivity contribution in [2.45, 2.75) is 0 Å². The summed E-state index contributed by atoms with van der Waals surface area (Å²) in [5.41, 5.74) is 14.1. The van der Waals surface area contributed by atoms with E-state index in [0.29, 0.717) is 0 Å². The lowest BCUT2D eigenvalue weighted by molar-refractivity contribution is 1.57. The van der Waals surface area contributed by atoms with Crippen molar-refractivity contribution < 1.29 is 0 Å². The second kappa shape index (κ2) is 12.5. The van der Waals surface area contributed by atoms with E-state index < -0.39 is 0 Å². The van der Waals surface area contributed by atoms with Gasteiger partial charge in [0.05, 0.1) is 0 Å². The van der Waals surface area contributed by atoms with E-state index in [1.807, 2.05) is 12.2 Å². The second-order valence-corrected chi connectivity index (χ2v) is 12.2. The molecule has 0 aliphatic carbocycles. The van der Waals surface area contributed by atoms with E-state index in [1.165, 1.54) is 54.9 Å². The van der Waals surface area contributed by atoms with Gasteiger partial charge in [0.1, 0.15) is 0 Å². The van der Waals surface area contributed by atoms with Gasteiger partial charge < -0.3 is 0 Å². The van der Waals surface area contributed by atoms with Crippen molar-refractivity contribution in [2.24, 2.45) is 0 Å². The highest BCUT2D eigenvalue weighted by Gasteiger charge is 2.21. The van der Waals surface area contributed by atoms with Crippen LogP contribution in [-0.2, 0) is 0 Å². The first-order valence-electron chi connectivity index (χ1n) is 16.4. The van der Waals surface area contributed by atoms with E-state index in [1.54, 1.807) is 0 Å². The largest absolute Gasteiger partial charge is 0.0984 e. The van der Waals surface area contributed by atoms with E-state index in [9.17, 15) is 0 Å². The Morgan fingerprint density at radius 2 is 0.625 bits per heavy atom. The first-order chi connectivity index (χ1) is 23.7. The molecule has 0 bridgehead atoms. The lowest BCUT2D eigenvalue weighted by Gasteiger charge is -2.22. The Kier molecular flexibility index (Phi) is 7.61. The van der Waals surface area contributed by atoms with Gasteiger partial charge in [-0.15, -0.1) is 0 Å². The minimum Gasteiger partial charge on any atom is -0.0984 e. The van der Waals surface area contributed by atoms with Crippen molar-refractivity contribution >= 4 is 33.7 Å². The Morgan fingerprint density at radius 1 is 0.312 bits per heavy atom. The van der Waals surface area contributed by atoms with Crippen molar-refractivity contribution in [3.63, 3.8) is 0 Å². The number of benzene rings is 8. The van der Waals surface area contributed by atoms with Gasteiger partial charge in [0.2, 0.25) is 0 Å². The van der Waals surface area contributed by atoms with Gasteiger partial charge in [0.25, 0.3) is 0 Å². The lowest BCUT2D eigenvalue weighted by Crippen LogP contribution is -1.97. The Labute approximate surface area is 282 Å². The first kappa shape index (κ1) is 29.2. The van der Waals surface area contributed by atoms with Crippen LogP contribution in [0.15, 0.2) is 183 Å². The summed E-state index contributed by atoms with van der Waals surface area (Å²) < 4.78 is 0. The fraction of sp³-hybridized carbons (Fsp3) is 0. The average Bonchev–Trinajstić information content (AvgIpc) is 3.17. The normalized spacial score (nSPS) is 11.1. The number of hydrogen-bond acceptors (Lipinski definition) is 0. The summed E-state index contributed by atoms with van der Waals surface area (Å²) >= 11 is 0. The van der Waals surface area contributed by atoms with Gasteiger partial charge in [-0.05, 0) is 100 Å². The maximum atomic E-state index is 4.40. The summed E-state index contributed by atoms with van der Waals surface area (Å²) in [6.07, 6.45) is 4.07. The fourth-order valence-electron chi connectivity index (χ4n) is 7.11. The molecule has 0 aliphatic rings. The highest BCUT2D eigenvalue weighted by molar-refractivity contribution is 6.15. The zero-order valence-corrected chi connectivity index (χ0v) is 26.7. The molecule has 8 rings (SSSR count). The van der Waals surface area contributed by atoms with Crippen LogP contribution in [0.2, 0.25) is 0 Å². The number of hydrogen-bond donors (Lipinski definition) is 0. The topological polar surface area (TPSA) is 0 Å². The molecule has 0 unspecified atom stereocenters. The molecule has 0 aromatic heterocycles. The molecule has 226 valence electrons. The van der Waals surface area contributed by atoms with Crippen molar-refractivity contribution in [3.05, 3.63) is 194 Å². The minimum absolute atomic E-state index is 1.12. The zero-order valence-electron chi connectivity index (χ0n) is 26.7. The van der Waals surface area contributed by atoms with Crippen LogP contribution in [0.3, 0.4) is 0 Å². The predicted octanol–water partition coefficient (Wildman–Crippen LogP) is 13.6. The van der Waals surface area contributed by atoms with Crippen molar-refractivity contribution in [2.75, 3.05) is 0 Å². The number of rotatable bonds is 7. The Bertz CT molecular complexity index is 2250. The molecule has 8 aromatic carbocycles. The maximum Gasteiger partial charge on any atom is -0.00143 e. The lowest BCUT2D eigenvalue weighted by atomic mass is 9.81. The fourth-order valence-corrected chi connectivity index (χ4v) is 7.11. The molecule has 0 heterocycles. The molecule has 0 heteroatoms. The zero-order chi connectivity index (χ0) is 32.5. The van der Waals surface area contributed by atoms with E-state index in [2.05, 4.69) is 183 Å². The number of fused-ring (bicyclic) bond motifs is 2. The second-order valence-electron chi connectivity index (χ2n) is 12.2. The van der Waals surface area contributed by atoms with Crippen molar-refractivity contribution in [1.82, 2.24) is 0 Å². The quantitative estimate of drug-likeness (QED) is 0.168. The van der Waals surface area contributed by atoms with Crippen LogP contribution < -0.4 is 0 Å². The molecule has 0 saturated heterocycles. The smallest absolute Gasteiger partial charge is 0.00143 e. The minimum atomic E-state index is 1.12. The molecule has 8 aromatic rings. The van der Waals surface area contributed by atoms with Crippen LogP contribution >= 0.6 is 0 Å². The molecular weight excluding hydrogens is 577 g/mol. The molecule has 0 radical (unpaired) electrons. The van der Waals surface area contributed by atoms with Crippen LogP contribution in [0.4, 0.5) is 0 Å². The predicted molar refractivity (Wildman–Crippen MR) is 209 cm³/mol. The monoisotopic (exact) mass is 610 g/mol. The summed E-state index contributed by atoms with van der Waals surface area (Å²) in [6.45, 7) is 8.81. The van der Waals surface area contributed by atoms with E-state index in [4.69, 9.17) is 0 Å². The molecule has 0 fully saturated rings. The summed E-state index contributed by atoms with van der Waals surface area (Å²) in [5.74, 6) is 0. The summed E-state index contributed by atoms with van der Waals surface area (Å²) in [4.78, 5) is 0. The van der Waals surface area contributed by atoms with Gasteiger partial charge in [-0.1, -0.05) is 183 Å². The summed E-state index contributed by atoms with van der Waals surface area (Å²) in [5, 5.41) is 4.78. The third-order valence-electron chi connectivity index (χ3n) is 9.44. The molecule has 0 atom stereocenters. The van der Waals surface area contributed by atoms with Gasteiger partial charge in [-0.3, -0.25) is 0 Å². The van der Waals surface area contributed by atoms with Gasteiger partial charge in [0.15, 0.2) is 0 Å². The first-order valence-corrected chi connectivity index (χ1v) is 16.4. The Hall–Kier alpha value is -6.24. The molecule has 0 nitrogen and oxygen atoms in total. The van der Waals surface area contributed by atoms with Crippen LogP contribution in [0, 0.1) is 0 Å². The summed E-state index contributed by atoms with van der Waals surface area (Å²) in [6, 6.07) is 61.0. The molecular formula is C48H34. The molecule has 0 saturated carbocycles. The molecule has 0 aliphatic heterocycles. The average molecular weight is 611 g/mol. The highest BCUT2D eigenvalue weighted by Crippen LogP contribution is 2.47. The van der Waals surface area contributed by atoms with Crippen molar-refractivity contribution in [3.8, 4) is 55.6 Å². The third-order valence-corrected chi connectivity index (χ3v) is 9.44. The van der Waals surface area contributed by atoms with Gasteiger partial charge in [0, 0.05) is 0 Å². The molecule has 0 amide bonds. The van der Waals surface area contributed by atoms with Gasteiger partial charge in [-0.25, -0.2) is 0 Å². The SMILES string of the molecule is C=Cc1c(-c2ccc(-c3ccccc3)cc2)cc2ccccc2c1-c1c(C=C)c(-c2ccc(-c3ccccc3)cc2)cc2ccccc12. The summed E-state index contributed by atoms with van der Waals surface area (Å²) in [7, 11) is 0. The molecule has 48 heavy (non-hydrogen) atoms. The van der Waals surface area contributed by atoms with Crippen LogP contribution in [0.25, 0.3) is 89.3 Å². The van der Waals surface area contributed by atoms with Crippen LogP contribution in [0.5, 0.6) is 0 Å².